The standard InChI is InChI=1S/C15H11BrO2/c1-8-11(7-17)4-10-6-12(16)5-9-2-3-13(18)14(8)15(9)10/h2-8,18H,1H3. The number of hydrogen-bond donors (Lipinski definition) is 1. The summed E-state index contributed by atoms with van der Waals surface area (Å²) in [5.74, 6) is 0.186. The van der Waals surface area contributed by atoms with Gasteiger partial charge in [0.1, 0.15) is 12.0 Å². The molecule has 3 rings (SSSR count). The molecule has 0 saturated carbocycles. The third-order valence-corrected chi connectivity index (χ3v) is 3.98. The van der Waals surface area contributed by atoms with Crippen molar-refractivity contribution in [1.29, 1.82) is 0 Å². The lowest BCUT2D eigenvalue weighted by Crippen LogP contribution is -2.06. The Hall–Kier alpha value is -1.61. The predicted octanol–water partition coefficient (Wildman–Crippen LogP) is 4.01. The second kappa shape index (κ2) is 3.95. The summed E-state index contributed by atoms with van der Waals surface area (Å²) in [7, 11) is 0. The van der Waals surface area contributed by atoms with Crippen LogP contribution in [-0.2, 0) is 4.79 Å². The highest BCUT2D eigenvalue weighted by atomic mass is 79.9. The number of phenolic OH excluding ortho intramolecular Hbond substituents is 1. The largest absolute Gasteiger partial charge is 0.508 e. The van der Waals surface area contributed by atoms with Crippen LogP contribution < -0.4 is 0 Å². The van der Waals surface area contributed by atoms with Gasteiger partial charge >= 0.3 is 0 Å². The highest BCUT2D eigenvalue weighted by molar-refractivity contribution is 9.10. The topological polar surface area (TPSA) is 37.3 Å². The van der Waals surface area contributed by atoms with Crippen LogP contribution in [-0.4, -0.2) is 11.4 Å². The van der Waals surface area contributed by atoms with Gasteiger partial charge < -0.3 is 5.11 Å². The van der Waals surface area contributed by atoms with E-state index in [0.717, 1.165) is 32.7 Å². The van der Waals surface area contributed by atoms with Crippen LogP contribution in [0.5, 0.6) is 5.75 Å². The summed E-state index contributed by atoms with van der Waals surface area (Å²) in [5, 5.41) is 12.2. The second-order valence-corrected chi connectivity index (χ2v) is 5.49. The molecule has 2 aromatic carbocycles. The highest BCUT2D eigenvalue weighted by Crippen LogP contribution is 2.43. The lowest BCUT2D eigenvalue weighted by Gasteiger charge is -2.22. The molecule has 0 heterocycles. The normalized spacial score (nSPS) is 17.7. The van der Waals surface area contributed by atoms with E-state index in [1.54, 1.807) is 6.07 Å². The Balaban J connectivity index is 2.50. The van der Waals surface area contributed by atoms with Crippen molar-refractivity contribution in [3.63, 3.8) is 0 Å². The van der Waals surface area contributed by atoms with Crippen molar-refractivity contribution in [1.82, 2.24) is 0 Å². The molecule has 0 aliphatic heterocycles. The van der Waals surface area contributed by atoms with E-state index in [4.69, 9.17) is 0 Å². The number of hydrogen-bond acceptors (Lipinski definition) is 2. The molecule has 0 amide bonds. The molecular formula is C15H11BrO2. The molecule has 0 saturated heterocycles. The molecule has 0 spiro atoms. The van der Waals surface area contributed by atoms with Gasteiger partial charge in [-0.1, -0.05) is 28.9 Å². The molecule has 0 aromatic heterocycles. The van der Waals surface area contributed by atoms with Gasteiger partial charge in [0.15, 0.2) is 0 Å². The van der Waals surface area contributed by atoms with Crippen LogP contribution in [0.3, 0.4) is 0 Å². The van der Waals surface area contributed by atoms with Gasteiger partial charge in [-0.15, -0.1) is 0 Å². The number of aldehydes is 1. The maximum Gasteiger partial charge on any atom is 0.146 e. The Kier molecular flexibility index (Phi) is 2.52. The smallest absolute Gasteiger partial charge is 0.146 e. The molecular weight excluding hydrogens is 292 g/mol. The first-order valence-corrected chi connectivity index (χ1v) is 6.53. The van der Waals surface area contributed by atoms with Gasteiger partial charge in [0, 0.05) is 16.0 Å². The van der Waals surface area contributed by atoms with Crippen LogP contribution >= 0.6 is 15.9 Å². The number of phenols is 1. The van der Waals surface area contributed by atoms with E-state index in [9.17, 15) is 9.90 Å². The molecule has 1 N–H and O–H groups in total. The van der Waals surface area contributed by atoms with Gasteiger partial charge in [-0.3, -0.25) is 4.79 Å². The Morgan fingerprint density at radius 3 is 2.83 bits per heavy atom. The van der Waals surface area contributed by atoms with Crippen molar-refractivity contribution >= 4 is 39.1 Å². The Morgan fingerprint density at radius 2 is 2.11 bits per heavy atom. The first-order chi connectivity index (χ1) is 8.61. The summed E-state index contributed by atoms with van der Waals surface area (Å²) in [5.41, 5.74) is 2.52. The minimum atomic E-state index is -0.0696. The van der Waals surface area contributed by atoms with Crippen molar-refractivity contribution < 1.29 is 9.90 Å². The molecule has 18 heavy (non-hydrogen) atoms. The van der Waals surface area contributed by atoms with Crippen molar-refractivity contribution in [2.24, 2.45) is 0 Å². The molecule has 2 nitrogen and oxygen atoms in total. The molecule has 2 aromatic rings. The lowest BCUT2D eigenvalue weighted by molar-refractivity contribution is -0.105. The number of rotatable bonds is 1. The molecule has 3 heteroatoms. The molecule has 0 fully saturated rings. The van der Waals surface area contributed by atoms with Crippen molar-refractivity contribution in [3.05, 3.63) is 45.4 Å². The number of carbonyl (C=O) groups excluding carboxylic acids is 1. The highest BCUT2D eigenvalue weighted by Gasteiger charge is 2.23. The second-order valence-electron chi connectivity index (χ2n) is 4.58. The fourth-order valence-electron chi connectivity index (χ4n) is 2.64. The van der Waals surface area contributed by atoms with Crippen LogP contribution in [0, 0.1) is 0 Å². The van der Waals surface area contributed by atoms with E-state index in [2.05, 4.69) is 15.9 Å². The third kappa shape index (κ3) is 1.51. The van der Waals surface area contributed by atoms with Gasteiger partial charge in [-0.2, -0.15) is 0 Å². The Labute approximate surface area is 113 Å². The zero-order valence-corrected chi connectivity index (χ0v) is 11.4. The number of benzene rings is 2. The third-order valence-electron chi connectivity index (χ3n) is 3.52. The van der Waals surface area contributed by atoms with Crippen molar-refractivity contribution in [2.45, 2.75) is 12.8 Å². The van der Waals surface area contributed by atoms with Crippen molar-refractivity contribution in [3.8, 4) is 5.75 Å². The molecule has 1 aliphatic carbocycles. The monoisotopic (exact) mass is 302 g/mol. The van der Waals surface area contributed by atoms with Crippen LogP contribution in [0.1, 0.15) is 24.0 Å². The lowest BCUT2D eigenvalue weighted by atomic mass is 9.82. The van der Waals surface area contributed by atoms with Gasteiger partial charge in [0.05, 0.1) is 0 Å². The van der Waals surface area contributed by atoms with Gasteiger partial charge in [0.25, 0.3) is 0 Å². The summed E-state index contributed by atoms with van der Waals surface area (Å²) in [6, 6.07) is 7.59. The molecule has 0 bridgehead atoms. The van der Waals surface area contributed by atoms with E-state index in [1.165, 1.54) is 0 Å². The minimum Gasteiger partial charge on any atom is -0.508 e. The first kappa shape index (κ1) is 11.5. The summed E-state index contributed by atoms with van der Waals surface area (Å²) < 4.78 is 0.970. The number of allylic oxidation sites excluding steroid dienone is 1. The fourth-order valence-corrected chi connectivity index (χ4v) is 3.13. The van der Waals surface area contributed by atoms with Crippen LogP contribution in [0.2, 0.25) is 0 Å². The molecule has 90 valence electrons. The average molecular weight is 303 g/mol. The molecule has 1 atom stereocenters. The predicted molar refractivity (Wildman–Crippen MR) is 75.8 cm³/mol. The molecule has 1 aliphatic rings. The molecule has 0 radical (unpaired) electrons. The summed E-state index contributed by atoms with van der Waals surface area (Å²) in [4.78, 5) is 11.1. The van der Waals surface area contributed by atoms with E-state index >= 15 is 0 Å². The average Bonchev–Trinajstić information content (AvgIpc) is 2.35. The fraction of sp³-hybridized carbons (Fsp3) is 0.133. The Bertz CT molecular complexity index is 701. The van der Waals surface area contributed by atoms with E-state index in [1.807, 2.05) is 31.2 Å². The minimum absolute atomic E-state index is 0.0696. The Morgan fingerprint density at radius 1 is 1.33 bits per heavy atom. The van der Waals surface area contributed by atoms with Crippen molar-refractivity contribution in [2.75, 3.05) is 0 Å². The van der Waals surface area contributed by atoms with Crippen LogP contribution in [0.4, 0.5) is 0 Å². The van der Waals surface area contributed by atoms with Gasteiger partial charge in [0.2, 0.25) is 0 Å². The van der Waals surface area contributed by atoms with Gasteiger partial charge in [-0.05, 0) is 46.2 Å². The van der Waals surface area contributed by atoms with E-state index < -0.39 is 0 Å². The quantitative estimate of drug-likeness (QED) is 0.808. The SMILES string of the molecule is CC1C(C=O)=Cc2cc(Br)cc3ccc(O)c1c23. The number of halogens is 1. The van der Waals surface area contributed by atoms with Gasteiger partial charge in [-0.25, -0.2) is 0 Å². The van der Waals surface area contributed by atoms with Crippen LogP contribution in [0.15, 0.2) is 34.3 Å². The zero-order chi connectivity index (χ0) is 12.9. The maximum absolute atomic E-state index is 11.1. The van der Waals surface area contributed by atoms with E-state index in [-0.39, 0.29) is 11.7 Å². The summed E-state index contributed by atoms with van der Waals surface area (Å²) in [6.45, 7) is 1.94. The summed E-state index contributed by atoms with van der Waals surface area (Å²) >= 11 is 3.47. The molecule has 1 unspecified atom stereocenters. The number of carbonyl (C=O) groups is 1. The van der Waals surface area contributed by atoms with E-state index in [0.29, 0.717) is 5.57 Å². The summed E-state index contributed by atoms with van der Waals surface area (Å²) in [6.07, 6.45) is 2.77. The number of aromatic hydroxyl groups is 1. The maximum atomic E-state index is 11.1. The first-order valence-electron chi connectivity index (χ1n) is 5.73. The van der Waals surface area contributed by atoms with Crippen LogP contribution in [0.25, 0.3) is 16.8 Å². The zero-order valence-electron chi connectivity index (χ0n) is 9.77.